The molecule has 1 rings (SSSR count). The molecule has 2 N–H and O–H groups in total. The highest BCUT2D eigenvalue weighted by molar-refractivity contribution is 5.67. The van der Waals surface area contributed by atoms with Gasteiger partial charge >= 0.3 is 5.97 Å². The lowest BCUT2D eigenvalue weighted by Crippen LogP contribution is -2.34. The summed E-state index contributed by atoms with van der Waals surface area (Å²) < 4.78 is 26.7. The van der Waals surface area contributed by atoms with Crippen LogP contribution in [0.15, 0.2) is 18.2 Å². The van der Waals surface area contributed by atoms with Gasteiger partial charge in [-0.3, -0.25) is 4.79 Å². The molecule has 0 aliphatic rings. The highest BCUT2D eigenvalue weighted by Gasteiger charge is 2.16. The van der Waals surface area contributed by atoms with Crippen LogP contribution in [0, 0.1) is 17.6 Å². The van der Waals surface area contributed by atoms with Crippen molar-refractivity contribution in [2.24, 2.45) is 5.92 Å². The first-order valence-corrected chi connectivity index (χ1v) is 6.77. The third-order valence-electron chi connectivity index (χ3n) is 3.05. The highest BCUT2D eigenvalue weighted by Crippen LogP contribution is 2.13. The summed E-state index contributed by atoms with van der Waals surface area (Å²) in [4.78, 5) is 10.8. The number of halogens is 2. The first kappa shape index (κ1) is 16.6. The number of carboxylic acids is 1. The lowest BCUT2D eigenvalue weighted by Gasteiger charge is -2.18. The summed E-state index contributed by atoms with van der Waals surface area (Å²) in [6.45, 7) is 4.80. The van der Waals surface area contributed by atoms with E-state index < -0.39 is 23.6 Å². The summed E-state index contributed by atoms with van der Waals surface area (Å²) in [6, 6.07) is 2.84. The van der Waals surface area contributed by atoms with Gasteiger partial charge in [-0.1, -0.05) is 13.8 Å². The Hall–Kier alpha value is -1.49. The molecule has 0 saturated heterocycles. The molecular weight excluding hydrogens is 264 g/mol. The quantitative estimate of drug-likeness (QED) is 0.772. The van der Waals surface area contributed by atoms with Gasteiger partial charge in [0.2, 0.25) is 0 Å². The van der Waals surface area contributed by atoms with Crippen LogP contribution in [0.25, 0.3) is 0 Å². The third kappa shape index (κ3) is 6.10. The second kappa shape index (κ2) is 7.94. The predicted molar refractivity (Wildman–Crippen MR) is 73.6 cm³/mol. The van der Waals surface area contributed by atoms with E-state index in [-0.39, 0.29) is 18.4 Å². The lowest BCUT2D eigenvalue weighted by molar-refractivity contribution is -0.137. The summed E-state index contributed by atoms with van der Waals surface area (Å²) in [6.07, 6.45) is 0.948. The molecule has 0 saturated carbocycles. The highest BCUT2D eigenvalue weighted by atomic mass is 19.1. The maximum atomic E-state index is 13.6. The summed E-state index contributed by atoms with van der Waals surface area (Å²) in [5, 5.41) is 12.0. The van der Waals surface area contributed by atoms with Gasteiger partial charge in [0.25, 0.3) is 0 Å². The lowest BCUT2D eigenvalue weighted by atomic mass is 10.0. The molecule has 0 bridgehead atoms. The van der Waals surface area contributed by atoms with Gasteiger partial charge in [0, 0.05) is 6.04 Å². The molecule has 0 radical (unpaired) electrons. The van der Waals surface area contributed by atoms with E-state index in [9.17, 15) is 13.6 Å². The Morgan fingerprint density at radius 2 is 2.05 bits per heavy atom. The van der Waals surface area contributed by atoms with E-state index in [4.69, 9.17) is 5.11 Å². The minimum Gasteiger partial charge on any atom is -0.481 e. The number of nitrogens with one attached hydrogen (secondary N) is 1. The van der Waals surface area contributed by atoms with Crippen LogP contribution in [-0.2, 0) is 11.2 Å². The standard InChI is InChI=1S/C15H21F2NO2/c1-10(2)5-6-18-13(9-15(19)20)8-11-7-12(16)3-4-14(11)17/h3-4,7,10,13,18H,5-6,8-9H2,1-2H3,(H,19,20). The van der Waals surface area contributed by atoms with Crippen molar-refractivity contribution in [3.8, 4) is 0 Å². The predicted octanol–water partition coefficient (Wildman–Crippen LogP) is 2.99. The Labute approximate surface area is 118 Å². The van der Waals surface area contributed by atoms with Crippen LogP contribution in [0.5, 0.6) is 0 Å². The summed E-state index contributed by atoms with van der Waals surface area (Å²) >= 11 is 0. The van der Waals surface area contributed by atoms with Gasteiger partial charge in [0.15, 0.2) is 0 Å². The summed E-state index contributed by atoms with van der Waals surface area (Å²) in [5.74, 6) is -1.48. The first-order chi connectivity index (χ1) is 9.38. The molecule has 20 heavy (non-hydrogen) atoms. The van der Waals surface area contributed by atoms with E-state index >= 15 is 0 Å². The first-order valence-electron chi connectivity index (χ1n) is 6.77. The molecule has 0 aromatic heterocycles. The molecule has 1 atom stereocenters. The number of hydrogen-bond donors (Lipinski definition) is 2. The van der Waals surface area contributed by atoms with Crippen molar-refractivity contribution in [3.63, 3.8) is 0 Å². The molecule has 1 unspecified atom stereocenters. The molecule has 0 fully saturated rings. The van der Waals surface area contributed by atoms with Crippen molar-refractivity contribution in [3.05, 3.63) is 35.4 Å². The van der Waals surface area contributed by atoms with Crippen molar-refractivity contribution in [1.29, 1.82) is 0 Å². The van der Waals surface area contributed by atoms with Crippen LogP contribution in [0.2, 0.25) is 0 Å². The van der Waals surface area contributed by atoms with E-state index in [2.05, 4.69) is 19.2 Å². The molecule has 0 aliphatic carbocycles. The summed E-state index contributed by atoms with van der Waals surface area (Å²) in [7, 11) is 0. The molecule has 3 nitrogen and oxygen atoms in total. The topological polar surface area (TPSA) is 49.3 Å². The number of aliphatic carboxylic acids is 1. The largest absolute Gasteiger partial charge is 0.481 e. The Balaban J connectivity index is 2.67. The number of carbonyl (C=O) groups is 1. The molecule has 0 spiro atoms. The number of benzene rings is 1. The van der Waals surface area contributed by atoms with Crippen LogP contribution in [-0.4, -0.2) is 23.7 Å². The van der Waals surface area contributed by atoms with E-state index in [1.165, 1.54) is 0 Å². The van der Waals surface area contributed by atoms with Crippen LogP contribution >= 0.6 is 0 Å². The second-order valence-corrected chi connectivity index (χ2v) is 5.37. The number of hydrogen-bond acceptors (Lipinski definition) is 2. The Morgan fingerprint density at radius 3 is 2.65 bits per heavy atom. The molecule has 0 aliphatic heterocycles. The molecule has 1 aromatic rings. The van der Waals surface area contributed by atoms with E-state index in [0.717, 1.165) is 24.6 Å². The van der Waals surface area contributed by atoms with Gasteiger partial charge in [-0.25, -0.2) is 8.78 Å². The van der Waals surface area contributed by atoms with Crippen molar-refractivity contribution in [1.82, 2.24) is 5.32 Å². The number of rotatable bonds is 8. The van der Waals surface area contributed by atoms with Gasteiger partial charge in [-0.2, -0.15) is 0 Å². The molecule has 1 aromatic carbocycles. The van der Waals surface area contributed by atoms with Crippen LogP contribution < -0.4 is 5.32 Å². The Kier molecular flexibility index (Phi) is 6.58. The molecule has 5 heteroatoms. The Morgan fingerprint density at radius 1 is 1.35 bits per heavy atom. The molecule has 0 heterocycles. The van der Waals surface area contributed by atoms with E-state index in [1.807, 2.05) is 0 Å². The van der Waals surface area contributed by atoms with Crippen molar-refractivity contribution >= 4 is 5.97 Å². The minimum absolute atomic E-state index is 0.117. The maximum Gasteiger partial charge on any atom is 0.304 e. The fourth-order valence-electron chi connectivity index (χ4n) is 1.97. The number of carboxylic acid groups (broad SMARTS) is 1. The SMILES string of the molecule is CC(C)CCNC(CC(=O)O)Cc1cc(F)ccc1F. The molecule has 112 valence electrons. The molecular formula is C15H21F2NO2. The summed E-state index contributed by atoms with van der Waals surface area (Å²) in [5.41, 5.74) is 0.202. The van der Waals surface area contributed by atoms with Crippen LogP contribution in [0.1, 0.15) is 32.3 Å². The van der Waals surface area contributed by atoms with Crippen LogP contribution in [0.4, 0.5) is 8.78 Å². The van der Waals surface area contributed by atoms with Crippen molar-refractivity contribution < 1.29 is 18.7 Å². The van der Waals surface area contributed by atoms with E-state index in [1.54, 1.807) is 0 Å². The van der Waals surface area contributed by atoms with Crippen LogP contribution in [0.3, 0.4) is 0 Å². The fourth-order valence-corrected chi connectivity index (χ4v) is 1.97. The Bertz CT molecular complexity index is 449. The van der Waals surface area contributed by atoms with Gasteiger partial charge in [0.1, 0.15) is 11.6 Å². The van der Waals surface area contributed by atoms with Gasteiger partial charge in [0.05, 0.1) is 6.42 Å². The van der Waals surface area contributed by atoms with Crippen molar-refractivity contribution in [2.75, 3.05) is 6.54 Å². The smallest absolute Gasteiger partial charge is 0.304 e. The average Bonchev–Trinajstić information content (AvgIpc) is 2.32. The maximum absolute atomic E-state index is 13.6. The zero-order valence-corrected chi connectivity index (χ0v) is 11.8. The zero-order chi connectivity index (χ0) is 15.1. The average molecular weight is 285 g/mol. The second-order valence-electron chi connectivity index (χ2n) is 5.37. The normalized spacial score (nSPS) is 12.7. The van der Waals surface area contributed by atoms with Gasteiger partial charge < -0.3 is 10.4 Å². The van der Waals surface area contributed by atoms with Gasteiger partial charge in [-0.15, -0.1) is 0 Å². The van der Waals surface area contributed by atoms with Crippen molar-refractivity contribution in [2.45, 2.75) is 39.2 Å². The van der Waals surface area contributed by atoms with Gasteiger partial charge in [-0.05, 0) is 49.1 Å². The zero-order valence-electron chi connectivity index (χ0n) is 11.8. The third-order valence-corrected chi connectivity index (χ3v) is 3.05. The monoisotopic (exact) mass is 285 g/mol. The minimum atomic E-state index is -0.955. The molecule has 0 amide bonds. The van der Waals surface area contributed by atoms with E-state index in [0.29, 0.717) is 12.5 Å². The fraction of sp³-hybridized carbons (Fsp3) is 0.533.